The lowest BCUT2D eigenvalue weighted by molar-refractivity contribution is -0.139. The predicted molar refractivity (Wildman–Crippen MR) is 175 cm³/mol. The minimum absolute atomic E-state index is 0.00572. The highest BCUT2D eigenvalue weighted by atomic mass is 35.5. The molecule has 0 aromatic heterocycles. The summed E-state index contributed by atoms with van der Waals surface area (Å²) in [6.45, 7) is 6.92. The van der Waals surface area contributed by atoms with Gasteiger partial charge in [0.15, 0.2) is 0 Å². The molecule has 2 atom stereocenters. The van der Waals surface area contributed by atoms with Crippen molar-refractivity contribution in [1.82, 2.24) is 10.2 Å². The highest BCUT2D eigenvalue weighted by Crippen LogP contribution is 2.33. The molecule has 12 heteroatoms. The molecule has 2 amide bonds. The van der Waals surface area contributed by atoms with Gasteiger partial charge in [0, 0.05) is 17.5 Å². The summed E-state index contributed by atoms with van der Waals surface area (Å²) in [5.41, 5.74) is 0.834. The molecule has 0 saturated carbocycles. The lowest BCUT2D eigenvalue weighted by atomic mass is 10.1. The minimum Gasteiger partial charge on any atom is -0.492 e. The van der Waals surface area contributed by atoms with Crippen LogP contribution in [0.25, 0.3) is 0 Å². The number of rotatable bonds is 14. The molecule has 0 radical (unpaired) electrons. The van der Waals surface area contributed by atoms with Crippen LogP contribution < -0.4 is 14.4 Å². The molecular weight excluding hydrogens is 629 g/mol. The number of sulfonamides is 1. The maximum absolute atomic E-state index is 14.2. The molecule has 43 heavy (non-hydrogen) atoms. The van der Waals surface area contributed by atoms with Gasteiger partial charge in [0.1, 0.15) is 18.3 Å². The van der Waals surface area contributed by atoms with Gasteiger partial charge in [-0.2, -0.15) is 0 Å². The Hall–Kier alpha value is -2.92. The molecule has 0 aliphatic rings. The van der Waals surface area contributed by atoms with Gasteiger partial charge in [0.25, 0.3) is 10.0 Å². The van der Waals surface area contributed by atoms with Crippen molar-refractivity contribution in [2.75, 3.05) is 23.7 Å². The lowest BCUT2D eigenvalue weighted by Crippen LogP contribution is -2.52. The Labute approximate surface area is 268 Å². The molecule has 1 N–H and O–H groups in total. The molecular formula is C31H37Cl2N3O5S2. The van der Waals surface area contributed by atoms with Crippen molar-refractivity contribution < 1.29 is 22.7 Å². The molecule has 8 nitrogen and oxygen atoms in total. The SMILES string of the molecule is CCOc1ccccc1N(CC(=O)N(Cc1ccc(Cl)c(Cl)c1)C(C)C(=O)NC(C)CC)S(=O)(=O)c1ccc(SC)cc1. The van der Waals surface area contributed by atoms with E-state index in [0.717, 1.165) is 9.20 Å². The second-order valence-corrected chi connectivity index (χ2v) is 13.4. The summed E-state index contributed by atoms with van der Waals surface area (Å²) < 4.78 is 35.1. The number of carbonyl (C=O) groups excluding carboxylic acids is 2. The number of hydrogen-bond acceptors (Lipinski definition) is 6. The maximum atomic E-state index is 14.2. The van der Waals surface area contributed by atoms with Crippen LogP contribution in [0.3, 0.4) is 0 Å². The standard InChI is InChI=1S/C31H37Cl2N3O5S2/c1-6-21(3)34-31(38)22(4)35(19-23-12-17-26(32)27(33)18-23)30(37)20-36(28-10-8-9-11-29(28)41-7-2)43(39,40)25-15-13-24(42-5)14-16-25/h8-18,21-22H,6-7,19-20H2,1-5H3,(H,34,38). The van der Waals surface area contributed by atoms with Crippen molar-refractivity contribution in [2.45, 2.75) is 62.5 Å². The van der Waals surface area contributed by atoms with Crippen molar-refractivity contribution in [3.05, 3.63) is 82.3 Å². The van der Waals surface area contributed by atoms with Gasteiger partial charge in [-0.3, -0.25) is 13.9 Å². The third-order valence-electron chi connectivity index (χ3n) is 6.87. The smallest absolute Gasteiger partial charge is 0.264 e. The highest BCUT2D eigenvalue weighted by Gasteiger charge is 2.34. The average Bonchev–Trinajstić information content (AvgIpc) is 3.00. The number of anilines is 1. The van der Waals surface area contributed by atoms with Crippen LogP contribution in [0.4, 0.5) is 5.69 Å². The zero-order chi connectivity index (χ0) is 31.7. The van der Waals surface area contributed by atoms with E-state index >= 15 is 0 Å². The molecule has 0 saturated heterocycles. The number of benzene rings is 3. The Bertz CT molecular complexity index is 1520. The largest absolute Gasteiger partial charge is 0.492 e. The first-order valence-corrected chi connectivity index (χ1v) is 17.3. The van der Waals surface area contributed by atoms with Crippen molar-refractivity contribution >= 4 is 62.5 Å². The van der Waals surface area contributed by atoms with Crippen LogP contribution in [-0.2, 0) is 26.2 Å². The summed E-state index contributed by atoms with van der Waals surface area (Å²) in [5.74, 6) is -0.645. The fourth-order valence-electron chi connectivity index (χ4n) is 4.21. The number of carbonyl (C=O) groups is 2. The van der Waals surface area contributed by atoms with Crippen LogP contribution in [-0.4, -0.2) is 56.6 Å². The van der Waals surface area contributed by atoms with Crippen molar-refractivity contribution in [3.63, 3.8) is 0 Å². The van der Waals surface area contributed by atoms with Gasteiger partial charge >= 0.3 is 0 Å². The number of thioether (sulfide) groups is 1. The molecule has 232 valence electrons. The minimum atomic E-state index is -4.25. The first-order chi connectivity index (χ1) is 20.4. The van der Waals surface area contributed by atoms with Crippen LogP contribution in [0.15, 0.2) is 76.5 Å². The van der Waals surface area contributed by atoms with Crippen LogP contribution in [0, 0.1) is 0 Å². The van der Waals surface area contributed by atoms with Gasteiger partial charge in [-0.25, -0.2) is 8.42 Å². The normalized spacial score (nSPS) is 12.7. The van der Waals surface area contributed by atoms with Gasteiger partial charge in [-0.15, -0.1) is 11.8 Å². The highest BCUT2D eigenvalue weighted by molar-refractivity contribution is 7.98. The second kappa shape index (κ2) is 15.7. The van der Waals surface area contributed by atoms with Gasteiger partial charge < -0.3 is 15.0 Å². The molecule has 0 fully saturated rings. The van der Waals surface area contributed by atoms with Crippen molar-refractivity contribution in [2.24, 2.45) is 0 Å². The van der Waals surface area contributed by atoms with E-state index in [1.54, 1.807) is 68.4 Å². The first-order valence-electron chi connectivity index (χ1n) is 13.8. The Morgan fingerprint density at radius 2 is 1.65 bits per heavy atom. The molecule has 0 aliphatic carbocycles. The number of amides is 2. The van der Waals surface area contributed by atoms with Crippen molar-refractivity contribution in [3.8, 4) is 5.75 Å². The summed E-state index contributed by atoms with van der Waals surface area (Å²) in [7, 11) is -4.25. The van der Waals surface area contributed by atoms with Gasteiger partial charge in [-0.05, 0) is 87.5 Å². The van der Waals surface area contributed by atoms with E-state index in [9.17, 15) is 18.0 Å². The number of halogens is 2. The number of para-hydroxylation sites is 2. The molecule has 0 spiro atoms. The van der Waals surface area contributed by atoms with Crippen LogP contribution in [0.1, 0.15) is 39.7 Å². The van der Waals surface area contributed by atoms with E-state index in [0.29, 0.717) is 27.8 Å². The zero-order valence-corrected chi connectivity index (χ0v) is 28.0. The molecule has 0 heterocycles. The fourth-order valence-corrected chi connectivity index (χ4v) is 6.37. The topological polar surface area (TPSA) is 96.0 Å². The molecule has 3 aromatic carbocycles. The van der Waals surface area contributed by atoms with Gasteiger partial charge in [-0.1, -0.05) is 48.3 Å². The van der Waals surface area contributed by atoms with Crippen molar-refractivity contribution in [1.29, 1.82) is 0 Å². The number of ether oxygens (including phenoxy) is 1. The Kier molecular flexibility index (Phi) is 12.6. The van der Waals surface area contributed by atoms with E-state index in [4.69, 9.17) is 27.9 Å². The lowest BCUT2D eigenvalue weighted by Gasteiger charge is -2.33. The molecule has 2 unspecified atom stereocenters. The number of nitrogens with zero attached hydrogens (tertiary/aromatic N) is 2. The summed E-state index contributed by atoms with van der Waals surface area (Å²) in [5, 5.41) is 3.56. The van der Waals surface area contributed by atoms with E-state index in [1.807, 2.05) is 20.1 Å². The predicted octanol–water partition coefficient (Wildman–Crippen LogP) is 6.64. The Morgan fingerprint density at radius 1 is 0.977 bits per heavy atom. The van der Waals surface area contributed by atoms with E-state index in [2.05, 4.69) is 5.32 Å². The van der Waals surface area contributed by atoms with E-state index in [-0.39, 0.29) is 35.7 Å². The Morgan fingerprint density at radius 3 is 2.26 bits per heavy atom. The molecule has 0 bridgehead atoms. The summed E-state index contributed by atoms with van der Waals surface area (Å²) >= 11 is 13.8. The van der Waals surface area contributed by atoms with Crippen LogP contribution >= 0.6 is 35.0 Å². The maximum Gasteiger partial charge on any atom is 0.264 e. The van der Waals surface area contributed by atoms with Gasteiger partial charge in [0.2, 0.25) is 11.8 Å². The monoisotopic (exact) mass is 665 g/mol. The number of hydrogen-bond donors (Lipinski definition) is 1. The third kappa shape index (κ3) is 8.81. The quantitative estimate of drug-likeness (QED) is 0.194. The molecule has 0 aliphatic heterocycles. The van der Waals surface area contributed by atoms with Crippen LogP contribution in [0.5, 0.6) is 5.75 Å². The Balaban J connectivity index is 2.09. The van der Waals surface area contributed by atoms with E-state index < -0.39 is 28.5 Å². The van der Waals surface area contributed by atoms with Crippen LogP contribution in [0.2, 0.25) is 10.0 Å². The average molecular weight is 667 g/mol. The third-order valence-corrected chi connectivity index (χ3v) is 10.1. The fraction of sp³-hybridized carbons (Fsp3) is 0.355. The summed E-state index contributed by atoms with van der Waals surface area (Å²) in [6, 6.07) is 17.0. The van der Waals surface area contributed by atoms with E-state index in [1.165, 1.54) is 28.8 Å². The summed E-state index contributed by atoms with van der Waals surface area (Å²) in [6.07, 6.45) is 2.60. The molecule has 3 rings (SSSR count). The summed E-state index contributed by atoms with van der Waals surface area (Å²) in [4.78, 5) is 29.7. The van der Waals surface area contributed by atoms with Gasteiger partial charge in [0.05, 0.1) is 27.2 Å². The molecule has 3 aromatic rings. The first kappa shape index (κ1) is 34.6. The zero-order valence-electron chi connectivity index (χ0n) is 24.8. The number of nitrogens with one attached hydrogen (secondary N) is 1. The second-order valence-electron chi connectivity index (χ2n) is 9.85.